The Kier molecular flexibility index (Phi) is 3.77. The summed E-state index contributed by atoms with van der Waals surface area (Å²) < 4.78 is 2.21. The quantitative estimate of drug-likeness (QED) is 0.580. The van der Waals surface area contributed by atoms with Gasteiger partial charge in [-0.25, -0.2) is 4.98 Å². The minimum absolute atomic E-state index is 0.955. The second-order valence-corrected chi connectivity index (χ2v) is 5.09. The summed E-state index contributed by atoms with van der Waals surface area (Å²) >= 11 is 2.17. The number of hydrogen-bond acceptors (Lipinski definition) is 2. The molecule has 0 radical (unpaired) electrons. The van der Waals surface area contributed by atoms with Crippen LogP contribution in [0.2, 0.25) is 0 Å². The average molecular weight is 342 g/mol. The van der Waals surface area contributed by atoms with Crippen LogP contribution in [0.4, 0.5) is 0 Å². The van der Waals surface area contributed by atoms with Crippen LogP contribution in [0.25, 0.3) is 11.0 Å². The van der Waals surface area contributed by atoms with E-state index in [1.165, 1.54) is 14.4 Å². The molecule has 0 atom stereocenters. The molecule has 1 heterocycles. The van der Waals surface area contributed by atoms with Crippen molar-refractivity contribution in [2.45, 2.75) is 20.4 Å². The maximum absolute atomic E-state index is 4.54. The Morgan fingerprint density at radius 3 is 3.00 bits per heavy atom. The van der Waals surface area contributed by atoms with Crippen LogP contribution in [0, 0.1) is 18.1 Å². The zero-order valence-electron chi connectivity index (χ0n) is 9.12. The molecule has 0 fully saturated rings. The molecule has 1 aromatic heterocycles. The van der Waals surface area contributed by atoms with E-state index in [1.807, 2.05) is 13.0 Å². The number of rotatable bonds is 1. The van der Waals surface area contributed by atoms with E-state index in [4.69, 9.17) is 0 Å². The predicted octanol–water partition coefficient (Wildman–Crippen LogP) is 3.76. The standard InChI is InChI=1S/C12H11IN2S/c1-3-15-9(2)14-11-8-10(6-7-16-13)4-5-12(11)15/h4-5,8H,3H2,1-2H3. The Balaban J connectivity index is 2.55. The van der Waals surface area contributed by atoms with Gasteiger partial charge >= 0.3 is 0 Å². The van der Waals surface area contributed by atoms with Crippen LogP contribution in [0.15, 0.2) is 18.2 Å². The van der Waals surface area contributed by atoms with Crippen LogP contribution in [0.3, 0.4) is 0 Å². The molecular weight excluding hydrogens is 331 g/mol. The zero-order valence-corrected chi connectivity index (χ0v) is 12.1. The van der Waals surface area contributed by atoms with Gasteiger partial charge in [0.15, 0.2) is 0 Å². The smallest absolute Gasteiger partial charge is 0.106 e. The SMILES string of the molecule is CCn1c(C)nc2cc(C#CSI)ccc21. The third-order valence-electron chi connectivity index (χ3n) is 2.49. The van der Waals surface area contributed by atoms with Crippen LogP contribution >= 0.6 is 30.1 Å². The molecule has 0 aliphatic rings. The molecule has 0 aliphatic carbocycles. The summed E-state index contributed by atoms with van der Waals surface area (Å²) in [7, 11) is 1.50. The molecule has 0 bridgehead atoms. The Labute approximate surface area is 111 Å². The predicted molar refractivity (Wildman–Crippen MR) is 78.6 cm³/mol. The third kappa shape index (κ3) is 2.20. The molecule has 2 aromatic rings. The molecule has 2 rings (SSSR count). The van der Waals surface area contributed by atoms with E-state index in [2.05, 4.69) is 61.0 Å². The lowest BCUT2D eigenvalue weighted by Crippen LogP contribution is -1.95. The van der Waals surface area contributed by atoms with E-state index in [-0.39, 0.29) is 0 Å². The third-order valence-corrected chi connectivity index (χ3v) is 3.33. The van der Waals surface area contributed by atoms with Crippen molar-refractivity contribution in [1.29, 1.82) is 0 Å². The van der Waals surface area contributed by atoms with Crippen molar-refractivity contribution < 1.29 is 0 Å². The van der Waals surface area contributed by atoms with E-state index >= 15 is 0 Å². The van der Waals surface area contributed by atoms with Gasteiger partial charge in [-0.1, -0.05) is 5.92 Å². The number of imidazole rings is 1. The fourth-order valence-electron chi connectivity index (χ4n) is 1.81. The number of halogens is 1. The lowest BCUT2D eigenvalue weighted by Gasteiger charge is -2.00. The Hall–Kier alpha value is -0.670. The average Bonchev–Trinajstić information content (AvgIpc) is 2.60. The van der Waals surface area contributed by atoms with E-state index in [0.717, 1.165) is 23.4 Å². The second-order valence-electron chi connectivity index (χ2n) is 3.41. The number of nitrogens with zero attached hydrogens (tertiary/aromatic N) is 2. The lowest BCUT2D eigenvalue weighted by atomic mass is 10.2. The van der Waals surface area contributed by atoms with Gasteiger partial charge in [0.1, 0.15) is 5.82 Å². The summed E-state index contributed by atoms with van der Waals surface area (Å²) in [5.74, 6) is 4.15. The van der Waals surface area contributed by atoms with Crippen LogP contribution in [-0.4, -0.2) is 9.55 Å². The monoisotopic (exact) mass is 342 g/mol. The molecule has 4 heteroatoms. The van der Waals surface area contributed by atoms with E-state index in [0.29, 0.717) is 0 Å². The highest BCUT2D eigenvalue weighted by molar-refractivity contribution is 14.2. The number of aromatic nitrogens is 2. The van der Waals surface area contributed by atoms with Crippen LogP contribution < -0.4 is 0 Å². The van der Waals surface area contributed by atoms with E-state index in [1.54, 1.807) is 0 Å². The summed E-state index contributed by atoms with van der Waals surface area (Å²) in [4.78, 5) is 4.54. The highest BCUT2D eigenvalue weighted by Gasteiger charge is 2.05. The maximum Gasteiger partial charge on any atom is 0.106 e. The number of fused-ring (bicyclic) bond motifs is 1. The largest absolute Gasteiger partial charge is 0.329 e. The molecule has 0 saturated carbocycles. The molecule has 0 amide bonds. The molecule has 82 valence electrons. The molecule has 16 heavy (non-hydrogen) atoms. The van der Waals surface area contributed by atoms with Gasteiger partial charge in [0.25, 0.3) is 0 Å². The van der Waals surface area contributed by atoms with E-state index < -0.39 is 0 Å². The molecule has 0 unspecified atom stereocenters. The molecule has 2 nitrogen and oxygen atoms in total. The molecule has 0 saturated heterocycles. The Bertz CT molecular complexity index is 578. The van der Waals surface area contributed by atoms with Crippen LogP contribution in [0.5, 0.6) is 0 Å². The minimum atomic E-state index is 0.955. The first-order chi connectivity index (χ1) is 7.76. The van der Waals surface area contributed by atoms with Crippen molar-refractivity contribution in [3.63, 3.8) is 0 Å². The fourth-order valence-corrected chi connectivity index (χ4v) is 2.29. The van der Waals surface area contributed by atoms with Crippen molar-refractivity contribution in [3.8, 4) is 11.2 Å². The molecule has 0 N–H and O–H groups in total. The summed E-state index contributed by atoms with van der Waals surface area (Å²) in [6, 6.07) is 6.20. The van der Waals surface area contributed by atoms with Gasteiger partial charge in [0, 0.05) is 33.3 Å². The highest BCUT2D eigenvalue weighted by Crippen LogP contribution is 2.17. The van der Waals surface area contributed by atoms with Crippen molar-refractivity contribution in [2.75, 3.05) is 0 Å². The van der Waals surface area contributed by atoms with Crippen molar-refractivity contribution in [3.05, 3.63) is 29.6 Å². The number of aryl methyl sites for hydroxylation is 2. The Morgan fingerprint density at radius 2 is 2.31 bits per heavy atom. The molecule has 1 aromatic carbocycles. The van der Waals surface area contributed by atoms with Crippen molar-refractivity contribution in [1.82, 2.24) is 9.55 Å². The van der Waals surface area contributed by atoms with E-state index in [9.17, 15) is 0 Å². The molecule has 0 spiro atoms. The van der Waals surface area contributed by atoms with Gasteiger partial charge in [-0.05, 0) is 46.2 Å². The number of benzene rings is 1. The first-order valence-corrected chi connectivity index (χ1v) is 8.37. The summed E-state index contributed by atoms with van der Waals surface area (Å²) in [6.07, 6.45) is 0. The second kappa shape index (κ2) is 5.11. The van der Waals surface area contributed by atoms with Gasteiger partial charge in [-0.2, -0.15) is 0 Å². The van der Waals surface area contributed by atoms with Gasteiger partial charge in [-0.3, -0.25) is 0 Å². The first kappa shape index (κ1) is 11.8. The maximum atomic E-state index is 4.54. The minimum Gasteiger partial charge on any atom is -0.329 e. The number of hydrogen-bond donors (Lipinski definition) is 0. The summed E-state index contributed by atoms with van der Waals surface area (Å²) in [5, 5.41) is 2.98. The fraction of sp³-hybridized carbons (Fsp3) is 0.250. The lowest BCUT2D eigenvalue weighted by molar-refractivity contribution is 0.753. The van der Waals surface area contributed by atoms with Gasteiger partial charge in [-0.15, -0.1) is 0 Å². The normalized spacial score (nSPS) is 10.2. The molecule has 0 aliphatic heterocycles. The summed E-state index contributed by atoms with van der Waals surface area (Å²) in [5.41, 5.74) is 3.25. The van der Waals surface area contributed by atoms with Gasteiger partial charge in [0.2, 0.25) is 0 Å². The van der Waals surface area contributed by atoms with Crippen molar-refractivity contribution in [2.24, 2.45) is 0 Å². The van der Waals surface area contributed by atoms with Gasteiger partial charge in [0.05, 0.1) is 11.0 Å². The first-order valence-electron chi connectivity index (χ1n) is 5.01. The van der Waals surface area contributed by atoms with Gasteiger partial charge < -0.3 is 4.57 Å². The summed E-state index contributed by atoms with van der Waals surface area (Å²) in [6.45, 7) is 5.13. The van der Waals surface area contributed by atoms with Crippen molar-refractivity contribution >= 4 is 41.2 Å². The Morgan fingerprint density at radius 1 is 1.50 bits per heavy atom. The van der Waals surface area contributed by atoms with Crippen LogP contribution in [0.1, 0.15) is 18.3 Å². The molecular formula is C12H11IN2S. The zero-order chi connectivity index (χ0) is 11.5. The van der Waals surface area contributed by atoms with Crippen LogP contribution in [-0.2, 0) is 6.54 Å². The highest BCUT2D eigenvalue weighted by atomic mass is 127. The topological polar surface area (TPSA) is 17.8 Å².